The Balaban J connectivity index is 2.15. The molecule has 0 saturated heterocycles. The SMILES string of the molecule is CC(Cc1cc(-c2ccc3c(cnn3C)c2)c(N)cc1C(F)(F)F)C(=O)O. The van der Waals surface area contributed by atoms with Crippen LogP contribution in [0.3, 0.4) is 0 Å². The first kappa shape index (κ1) is 18.8. The maximum Gasteiger partial charge on any atom is 0.416 e. The number of aromatic nitrogens is 2. The first-order valence-electron chi connectivity index (χ1n) is 8.22. The maximum absolute atomic E-state index is 13.4. The highest BCUT2D eigenvalue weighted by Gasteiger charge is 2.35. The molecule has 0 amide bonds. The van der Waals surface area contributed by atoms with E-state index in [4.69, 9.17) is 10.8 Å². The third-order valence-corrected chi connectivity index (χ3v) is 4.59. The predicted molar refractivity (Wildman–Crippen MR) is 96.1 cm³/mol. The lowest BCUT2D eigenvalue weighted by atomic mass is 9.91. The van der Waals surface area contributed by atoms with Crippen LogP contribution >= 0.6 is 0 Å². The number of nitrogens with two attached hydrogens (primary N) is 1. The van der Waals surface area contributed by atoms with Crippen LogP contribution in [0.25, 0.3) is 22.0 Å². The third-order valence-electron chi connectivity index (χ3n) is 4.59. The third kappa shape index (κ3) is 3.60. The van der Waals surface area contributed by atoms with E-state index >= 15 is 0 Å². The van der Waals surface area contributed by atoms with Crippen molar-refractivity contribution in [2.75, 3.05) is 5.73 Å². The van der Waals surface area contributed by atoms with Crippen LogP contribution in [0, 0.1) is 5.92 Å². The highest BCUT2D eigenvalue weighted by atomic mass is 19.4. The van der Waals surface area contributed by atoms with Gasteiger partial charge in [0, 0.05) is 23.7 Å². The molecule has 0 radical (unpaired) electrons. The molecule has 1 unspecified atom stereocenters. The Morgan fingerprint density at radius 2 is 2.00 bits per heavy atom. The molecule has 0 saturated carbocycles. The number of hydrogen-bond acceptors (Lipinski definition) is 3. The number of carboxylic acid groups (broad SMARTS) is 1. The van der Waals surface area contributed by atoms with Gasteiger partial charge in [-0.2, -0.15) is 18.3 Å². The Labute approximate surface area is 153 Å². The van der Waals surface area contributed by atoms with Crippen molar-refractivity contribution in [3.05, 3.63) is 47.7 Å². The molecule has 0 fully saturated rings. The number of hydrogen-bond donors (Lipinski definition) is 2. The molecule has 142 valence electrons. The maximum atomic E-state index is 13.4. The zero-order valence-corrected chi connectivity index (χ0v) is 14.7. The second-order valence-corrected chi connectivity index (χ2v) is 6.58. The second kappa shape index (κ2) is 6.61. The first-order chi connectivity index (χ1) is 12.6. The number of nitrogens with zero attached hydrogens (tertiary/aromatic N) is 2. The summed E-state index contributed by atoms with van der Waals surface area (Å²) in [7, 11) is 1.79. The van der Waals surface area contributed by atoms with E-state index < -0.39 is 23.6 Å². The largest absolute Gasteiger partial charge is 0.481 e. The summed E-state index contributed by atoms with van der Waals surface area (Å²) in [6.07, 6.45) is -3.20. The smallest absolute Gasteiger partial charge is 0.416 e. The molecule has 0 aliphatic heterocycles. The lowest BCUT2D eigenvalue weighted by Gasteiger charge is -2.18. The minimum absolute atomic E-state index is 0.0164. The number of carboxylic acids is 1. The van der Waals surface area contributed by atoms with Crippen LogP contribution in [0.2, 0.25) is 0 Å². The zero-order valence-electron chi connectivity index (χ0n) is 14.7. The molecule has 8 heteroatoms. The summed E-state index contributed by atoms with van der Waals surface area (Å²) in [5.74, 6) is -2.11. The average Bonchev–Trinajstić information content (AvgIpc) is 2.95. The number of benzene rings is 2. The average molecular weight is 377 g/mol. The summed E-state index contributed by atoms with van der Waals surface area (Å²) in [5.41, 5.74) is 6.87. The van der Waals surface area contributed by atoms with Crippen LogP contribution in [-0.2, 0) is 24.4 Å². The van der Waals surface area contributed by atoms with Crippen molar-refractivity contribution in [1.82, 2.24) is 9.78 Å². The number of anilines is 1. The molecule has 1 heterocycles. The predicted octanol–water partition coefficient (Wildman–Crippen LogP) is 4.10. The fourth-order valence-electron chi connectivity index (χ4n) is 3.09. The molecule has 0 spiro atoms. The van der Waals surface area contributed by atoms with E-state index in [0.717, 1.165) is 17.0 Å². The van der Waals surface area contributed by atoms with Gasteiger partial charge in [0.2, 0.25) is 0 Å². The van der Waals surface area contributed by atoms with Gasteiger partial charge in [-0.3, -0.25) is 9.48 Å². The minimum atomic E-state index is -4.62. The molecule has 0 bridgehead atoms. The Morgan fingerprint density at radius 1 is 1.30 bits per heavy atom. The highest BCUT2D eigenvalue weighted by Crippen LogP contribution is 2.39. The first-order valence-corrected chi connectivity index (χ1v) is 8.22. The van der Waals surface area contributed by atoms with Gasteiger partial charge in [-0.1, -0.05) is 13.0 Å². The molecule has 5 nitrogen and oxygen atoms in total. The van der Waals surface area contributed by atoms with E-state index in [1.54, 1.807) is 30.1 Å². The van der Waals surface area contributed by atoms with Crippen molar-refractivity contribution in [1.29, 1.82) is 0 Å². The quantitative estimate of drug-likeness (QED) is 0.671. The summed E-state index contributed by atoms with van der Waals surface area (Å²) >= 11 is 0. The summed E-state index contributed by atoms with van der Waals surface area (Å²) in [6.45, 7) is 1.38. The molecular formula is C19H18F3N3O2. The molecule has 3 N–H and O–H groups in total. The fourth-order valence-corrected chi connectivity index (χ4v) is 3.09. The van der Waals surface area contributed by atoms with Crippen molar-refractivity contribution in [2.45, 2.75) is 19.5 Å². The van der Waals surface area contributed by atoms with Crippen molar-refractivity contribution in [3.63, 3.8) is 0 Å². The second-order valence-electron chi connectivity index (χ2n) is 6.58. The lowest BCUT2D eigenvalue weighted by Crippen LogP contribution is -2.17. The van der Waals surface area contributed by atoms with Crippen LogP contribution in [0.5, 0.6) is 0 Å². The molecule has 1 aromatic heterocycles. The Bertz CT molecular complexity index is 1020. The number of rotatable bonds is 4. The summed E-state index contributed by atoms with van der Waals surface area (Å²) < 4.78 is 41.9. The lowest BCUT2D eigenvalue weighted by molar-refractivity contribution is -0.142. The number of halogens is 3. The van der Waals surface area contributed by atoms with Crippen LogP contribution < -0.4 is 5.73 Å². The van der Waals surface area contributed by atoms with Crippen molar-refractivity contribution in [3.8, 4) is 11.1 Å². The zero-order chi connectivity index (χ0) is 19.9. The number of nitrogen functional groups attached to an aromatic ring is 1. The van der Waals surface area contributed by atoms with Crippen LogP contribution in [0.1, 0.15) is 18.1 Å². The van der Waals surface area contributed by atoms with E-state index in [-0.39, 0.29) is 17.7 Å². The molecule has 27 heavy (non-hydrogen) atoms. The Morgan fingerprint density at radius 3 is 2.63 bits per heavy atom. The van der Waals surface area contributed by atoms with E-state index in [9.17, 15) is 18.0 Å². The van der Waals surface area contributed by atoms with E-state index in [0.29, 0.717) is 11.1 Å². The standard InChI is InChI=1S/C19H18F3N3O2/c1-10(18(26)27)5-12-7-14(16(23)8-15(12)19(20,21)22)11-3-4-17-13(6-11)9-24-25(17)2/h3-4,6-10H,5,23H2,1-2H3,(H,26,27). The summed E-state index contributed by atoms with van der Waals surface area (Å²) in [6, 6.07) is 7.59. The molecular weight excluding hydrogens is 359 g/mol. The number of carbonyl (C=O) groups is 1. The van der Waals surface area contributed by atoms with Gasteiger partial charge in [0.1, 0.15) is 0 Å². The van der Waals surface area contributed by atoms with Gasteiger partial charge >= 0.3 is 12.1 Å². The minimum Gasteiger partial charge on any atom is -0.481 e. The molecule has 2 aromatic carbocycles. The van der Waals surface area contributed by atoms with Gasteiger partial charge in [0.05, 0.1) is 23.2 Å². The van der Waals surface area contributed by atoms with Gasteiger partial charge in [-0.15, -0.1) is 0 Å². The van der Waals surface area contributed by atoms with Gasteiger partial charge in [-0.05, 0) is 41.8 Å². The van der Waals surface area contributed by atoms with Crippen LogP contribution in [0.4, 0.5) is 18.9 Å². The molecule has 0 aliphatic rings. The molecule has 0 aliphatic carbocycles. The van der Waals surface area contributed by atoms with Gasteiger partial charge in [0.15, 0.2) is 0 Å². The van der Waals surface area contributed by atoms with Crippen molar-refractivity contribution < 1.29 is 23.1 Å². The fraction of sp³-hybridized carbons (Fsp3) is 0.263. The number of aliphatic carboxylic acids is 1. The monoisotopic (exact) mass is 377 g/mol. The summed E-state index contributed by atoms with van der Waals surface area (Å²) in [5, 5.41) is 14.1. The van der Waals surface area contributed by atoms with Crippen LogP contribution in [0.15, 0.2) is 36.5 Å². The highest BCUT2D eigenvalue weighted by molar-refractivity contribution is 5.88. The van der Waals surface area contributed by atoms with Gasteiger partial charge < -0.3 is 10.8 Å². The molecule has 3 rings (SSSR count). The topological polar surface area (TPSA) is 81.1 Å². The number of fused-ring (bicyclic) bond motifs is 1. The normalized spacial score (nSPS) is 13.1. The number of aryl methyl sites for hydroxylation is 1. The van der Waals surface area contributed by atoms with Crippen molar-refractivity contribution in [2.24, 2.45) is 13.0 Å². The molecule has 3 aromatic rings. The summed E-state index contributed by atoms with van der Waals surface area (Å²) in [4.78, 5) is 11.1. The number of alkyl halides is 3. The van der Waals surface area contributed by atoms with E-state index in [1.165, 1.54) is 13.0 Å². The molecule has 1 atom stereocenters. The van der Waals surface area contributed by atoms with Crippen molar-refractivity contribution >= 4 is 22.6 Å². The van der Waals surface area contributed by atoms with E-state index in [2.05, 4.69) is 5.10 Å². The van der Waals surface area contributed by atoms with Gasteiger partial charge in [-0.25, -0.2) is 0 Å². The van der Waals surface area contributed by atoms with Crippen LogP contribution in [-0.4, -0.2) is 20.9 Å². The van der Waals surface area contributed by atoms with Gasteiger partial charge in [0.25, 0.3) is 0 Å². The Hall–Kier alpha value is -3.03. The Kier molecular flexibility index (Phi) is 4.59. The van der Waals surface area contributed by atoms with E-state index in [1.807, 2.05) is 6.07 Å².